The van der Waals surface area contributed by atoms with Gasteiger partial charge in [-0.3, -0.25) is 9.59 Å². The predicted molar refractivity (Wildman–Crippen MR) is 100 cm³/mol. The third-order valence-corrected chi connectivity index (χ3v) is 3.66. The van der Waals surface area contributed by atoms with Crippen molar-refractivity contribution < 1.29 is 29.1 Å². The Morgan fingerprint density at radius 3 is 1.00 bits per heavy atom. The van der Waals surface area contributed by atoms with Crippen LogP contribution < -0.4 is 0 Å². The number of hydrogen-bond donors (Lipinski definition) is 0. The second-order valence-corrected chi connectivity index (χ2v) is 9.63. The fourth-order valence-corrected chi connectivity index (χ4v) is 2.39. The van der Waals surface area contributed by atoms with Crippen LogP contribution in [0, 0.1) is 0 Å². The molecule has 0 aliphatic heterocycles. The van der Waals surface area contributed by atoms with Crippen LogP contribution in [-0.2, 0) is 29.1 Å². The van der Waals surface area contributed by atoms with E-state index in [1.165, 1.54) is 13.8 Å². The second-order valence-electron chi connectivity index (χ2n) is 9.63. The van der Waals surface area contributed by atoms with Gasteiger partial charge in [-0.15, -0.1) is 0 Å². The highest BCUT2D eigenvalue weighted by Gasteiger charge is 2.32. The molecule has 0 rings (SSSR count). The molecule has 6 heteroatoms. The fraction of sp³-hybridized carbons (Fsp3) is 0.900. The van der Waals surface area contributed by atoms with Crippen LogP contribution in [0.1, 0.15) is 94.9 Å². The van der Waals surface area contributed by atoms with Crippen molar-refractivity contribution in [1.29, 1.82) is 0 Å². The van der Waals surface area contributed by atoms with Crippen molar-refractivity contribution in [3.8, 4) is 0 Å². The molecule has 0 aromatic rings. The van der Waals surface area contributed by atoms with Crippen molar-refractivity contribution in [3.63, 3.8) is 0 Å². The van der Waals surface area contributed by atoms with E-state index in [9.17, 15) is 9.59 Å². The number of Topliss-reactive ketones (excluding diaryl/α,β-unsaturated/α-hetero) is 2. The van der Waals surface area contributed by atoms with Crippen LogP contribution in [0.4, 0.5) is 0 Å². The molecular formula is C20H38O6. The summed E-state index contributed by atoms with van der Waals surface area (Å²) in [6.45, 7) is 18.0. The molecule has 0 aliphatic carbocycles. The normalized spacial score (nSPS) is 13.8. The smallest absolute Gasteiger partial charge is 0.132 e. The van der Waals surface area contributed by atoms with Crippen molar-refractivity contribution in [3.05, 3.63) is 0 Å². The van der Waals surface area contributed by atoms with Gasteiger partial charge in [-0.2, -0.15) is 0 Å². The van der Waals surface area contributed by atoms with E-state index >= 15 is 0 Å². The molecule has 0 saturated heterocycles. The maximum Gasteiger partial charge on any atom is 0.132 e. The first kappa shape index (κ1) is 25.2. The summed E-state index contributed by atoms with van der Waals surface area (Å²) in [5.74, 6) is 0.104. The first-order chi connectivity index (χ1) is 11.5. The Hall–Kier alpha value is -0.820. The molecule has 0 aromatic carbocycles. The van der Waals surface area contributed by atoms with Gasteiger partial charge in [0, 0.05) is 12.8 Å². The fourth-order valence-electron chi connectivity index (χ4n) is 2.39. The number of hydrogen-bond acceptors (Lipinski definition) is 6. The van der Waals surface area contributed by atoms with E-state index in [-0.39, 0.29) is 24.4 Å². The molecule has 0 unspecified atom stereocenters. The summed E-state index contributed by atoms with van der Waals surface area (Å²) in [7, 11) is 0. The summed E-state index contributed by atoms with van der Waals surface area (Å²) in [6.07, 6.45) is 1.90. The largest absolute Gasteiger partial charge is 0.300 e. The van der Waals surface area contributed by atoms with Crippen molar-refractivity contribution in [2.45, 2.75) is 117 Å². The lowest BCUT2D eigenvalue weighted by atomic mass is 9.94. The van der Waals surface area contributed by atoms with Crippen LogP contribution in [0.25, 0.3) is 0 Å². The Bertz CT molecular complexity index is 433. The first-order valence-corrected chi connectivity index (χ1v) is 9.18. The molecule has 0 spiro atoms. The van der Waals surface area contributed by atoms with Crippen molar-refractivity contribution in [2.75, 3.05) is 0 Å². The van der Waals surface area contributed by atoms with Gasteiger partial charge in [0.15, 0.2) is 0 Å². The number of carbonyl (C=O) groups is 2. The molecule has 26 heavy (non-hydrogen) atoms. The van der Waals surface area contributed by atoms with E-state index in [0.29, 0.717) is 12.8 Å². The zero-order chi connectivity index (χ0) is 20.8. The van der Waals surface area contributed by atoms with Crippen LogP contribution in [0.5, 0.6) is 0 Å². The van der Waals surface area contributed by atoms with Gasteiger partial charge in [0.2, 0.25) is 0 Å². The summed E-state index contributed by atoms with van der Waals surface area (Å²) in [5, 5.41) is 0. The number of carbonyl (C=O) groups excluding carboxylic acids is 2. The standard InChI is InChI=1S/C20H38O6/c1-15(21)13-19(7,8)25-23-17(3,4)11-12-18(5,6)24-26-20(9,10)14-16(2)22/h11-14H2,1-10H3. The molecular weight excluding hydrogens is 336 g/mol. The van der Waals surface area contributed by atoms with Gasteiger partial charge < -0.3 is 0 Å². The molecule has 0 saturated carbocycles. The van der Waals surface area contributed by atoms with Gasteiger partial charge >= 0.3 is 0 Å². The van der Waals surface area contributed by atoms with Gasteiger partial charge in [-0.05, 0) is 82.1 Å². The summed E-state index contributed by atoms with van der Waals surface area (Å²) in [6, 6.07) is 0. The molecule has 0 aromatic heterocycles. The Labute approximate surface area is 158 Å². The minimum Gasteiger partial charge on any atom is -0.300 e. The van der Waals surface area contributed by atoms with E-state index in [4.69, 9.17) is 19.6 Å². The summed E-state index contributed by atoms with van der Waals surface area (Å²) < 4.78 is 0. The zero-order valence-corrected chi connectivity index (χ0v) is 18.3. The minimum absolute atomic E-state index is 0.0521. The van der Waals surface area contributed by atoms with E-state index in [0.717, 1.165) is 0 Å². The van der Waals surface area contributed by atoms with Crippen molar-refractivity contribution >= 4 is 11.6 Å². The topological polar surface area (TPSA) is 71.1 Å². The van der Waals surface area contributed by atoms with Crippen LogP contribution in [-0.4, -0.2) is 34.0 Å². The van der Waals surface area contributed by atoms with E-state index in [1.54, 1.807) is 0 Å². The van der Waals surface area contributed by atoms with Crippen molar-refractivity contribution in [2.24, 2.45) is 0 Å². The lowest BCUT2D eigenvalue weighted by Gasteiger charge is -2.34. The Morgan fingerprint density at radius 2 is 0.769 bits per heavy atom. The highest BCUT2D eigenvalue weighted by Crippen LogP contribution is 2.29. The molecule has 0 amide bonds. The molecule has 0 bridgehead atoms. The predicted octanol–water partition coefficient (Wildman–Crippen LogP) is 4.74. The second kappa shape index (κ2) is 9.40. The molecule has 0 atom stereocenters. The van der Waals surface area contributed by atoms with E-state index in [2.05, 4.69) is 0 Å². The zero-order valence-electron chi connectivity index (χ0n) is 18.3. The van der Waals surface area contributed by atoms with Gasteiger partial charge in [0.25, 0.3) is 0 Å². The van der Waals surface area contributed by atoms with Gasteiger partial charge in [-0.1, -0.05) is 0 Å². The molecule has 0 fully saturated rings. The summed E-state index contributed by atoms with van der Waals surface area (Å²) in [4.78, 5) is 44.7. The monoisotopic (exact) mass is 374 g/mol. The lowest BCUT2D eigenvalue weighted by Crippen LogP contribution is -2.37. The molecule has 6 nitrogen and oxygen atoms in total. The molecule has 0 radical (unpaired) electrons. The summed E-state index contributed by atoms with van der Waals surface area (Å²) in [5.41, 5.74) is -2.45. The summed E-state index contributed by atoms with van der Waals surface area (Å²) >= 11 is 0. The Kier molecular flexibility index (Phi) is 9.10. The quantitative estimate of drug-likeness (QED) is 0.343. The molecule has 0 N–H and O–H groups in total. The number of ketones is 2. The van der Waals surface area contributed by atoms with Gasteiger partial charge in [0.1, 0.15) is 22.8 Å². The van der Waals surface area contributed by atoms with Gasteiger partial charge in [-0.25, -0.2) is 19.6 Å². The molecule has 0 heterocycles. The number of rotatable bonds is 13. The van der Waals surface area contributed by atoms with Crippen LogP contribution in [0.2, 0.25) is 0 Å². The lowest BCUT2D eigenvalue weighted by molar-refractivity contribution is -0.413. The van der Waals surface area contributed by atoms with E-state index in [1.807, 2.05) is 55.4 Å². The van der Waals surface area contributed by atoms with Crippen LogP contribution in [0.3, 0.4) is 0 Å². The molecule has 0 aliphatic rings. The third-order valence-electron chi connectivity index (χ3n) is 3.66. The van der Waals surface area contributed by atoms with Crippen LogP contribution >= 0.6 is 0 Å². The highest BCUT2D eigenvalue weighted by atomic mass is 17.2. The molecule has 154 valence electrons. The minimum atomic E-state index is -0.672. The van der Waals surface area contributed by atoms with E-state index < -0.39 is 22.4 Å². The average Bonchev–Trinajstić information content (AvgIpc) is 2.39. The maximum absolute atomic E-state index is 11.3. The average molecular weight is 375 g/mol. The highest BCUT2D eigenvalue weighted by molar-refractivity contribution is 5.76. The van der Waals surface area contributed by atoms with Gasteiger partial charge in [0.05, 0.1) is 11.2 Å². The SMILES string of the molecule is CC(=O)CC(C)(C)OOC(C)(C)CCC(C)(C)OOC(C)(C)CC(C)=O. The Balaban J connectivity index is 4.50. The van der Waals surface area contributed by atoms with Crippen molar-refractivity contribution in [1.82, 2.24) is 0 Å². The maximum atomic E-state index is 11.3. The Morgan fingerprint density at radius 1 is 0.538 bits per heavy atom. The third kappa shape index (κ3) is 12.5. The first-order valence-electron chi connectivity index (χ1n) is 9.18. The van der Waals surface area contributed by atoms with Crippen LogP contribution in [0.15, 0.2) is 0 Å².